The molecule has 0 fully saturated rings. The fourth-order valence-corrected chi connectivity index (χ4v) is 3.51. The second-order valence-electron chi connectivity index (χ2n) is 7.56. The summed E-state index contributed by atoms with van der Waals surface area (Å²) in [6.45, 7) is 14.2. The molecule has 0 heterocycles. The first-order valence-corrected chi connectivity index (χ1v) is 11.2. The third-order valence-corrected chi connectivity index (χ3v) is 8.92. The average molecular weight is 388 g/mol. The average Bonchev–Trinajstić information content (AvgIpc) is 2.46. The van der Waals surface area contributed by atoms with Gasteiger partial charge in [-0.05, 0) is 30.6 Å². The molecule has 0 aliphatic heterocycles. The fraction of sp³-hybridized carbons (Fsp3) is 0.812. The van der Waals surface area contributed by atoms with Crippen molar-refractivity contribution in [2.24, 2.45) is 5.11 Å². The lowest BCUT2D eigenvalue weighted by atomic mass is 10.0. The quantitative estimate of drug-likeness (QED) is 0.149. The predicted octanol–water partition coefficient (Wildman–Crippen LogP) is 3.14. The molecule has 0 aliphatic rings. The number of ether oxygens (including phenoxy) is 2. The van der Waals surface area contributed by atoms with E-state index in [4.69, 9.17) is 19.4 Å². The van der Waals surface area contributed by atoms with Crippen LogP contribution in [0.4, 0.5) is 0 Å². The summed E-state index contributed by atoms with van der Waals surface area (Å²) in [5, 5.41) is 3.43. The van der Waals surface area contributed by atoms with Gasteiger partial charge in [0, 0.05) is 18.8 Å². The van der Waals surface area contributed by atoms with Crippen molar-refractivity contribution < 1.29 is 28.3 Å². The van der Waals surface area contributed by atoms with Gasteiger partial charge in [0.05, 0.1) is 6.10 Å². The van der Waals surface area contributed by atoms with Crippen LogP contribution in [-0.2, 0) is 28.3 Å². The van der Waals surface area contributed by atoms with Gasteiger partial charge in [-0.25, -0.2) is 0 Å². The van der Waals surface area contributed by atoms with Crippen LogP contribution < -0.4 is 0 Å². The molecular formula is C16H29N3O6Si. The molecule has 0 bridgehead atoms. The van der Waals surface area contributed by atoms with Crippen molar-refractivity contribution >= 4 is 26.5 Å². The molecule has 0 saturated carbocycles. The van der Waals surface area contributed by atoms with Crippen LogP contribution >= 0.6 is 0 Å². The van der Waals surface area contributed by atoms with Crippen LogP contribution in [0.3, 0.4) is 0 Å². The lowest BCUT2D eigenvalue weighted by Crippen LogP contribution is -2.52. The van der Waals surface area contributed by atoms with Crippen molar-refractivity contribution in [3.05, 3.63) is 10.4 Å². The van der Waals surface area contributed by atoms with E-state index >= 15 is 0 Å². The van der Waals surface area contributed by atoms with Gasteiger partial charge in [-0.3, -0.25) is 14.4 Å². The zero-order valence-corrected chi connectivity index (χ0v) is 17.7. The Morgan fingerprint density at radius 2 is 1.65 bits per heavy atom. The third kappa shape index (κ3) is 7.15. The van der Waals surface area contributed by atoms with E-state index in [-0.39, 0.29) is 5.04 Å². The van der Waals surface area contributed by atoms with Crippen molar-refractivity contribution in [2.45, 2.75) is 84.0 Å². The van der Waals surface area contributed by atoms with Crippen molar-refractivity contribution in [3.63, 3.8) is 0 Å². The number of hydrogen-bond acceptors (Lipinski definition) is 7. The largest absolute Gasteiger partial charge is 0.459 e. The van der Waals surface area contributed by atoms with Gasteiger partial charge in [0.2, 0.25) is 0 Å². The number of esters is 2. The van der Waals surface area contributed by atoms with Gasteiger partial charge in [-0.15, -0.1) is 0 Å². The summed E-state index contributed by atoms with van der Waals surface area (Å²) in [6.07, 6.45) is -2.82. The van der Waals surface area contributed by atoms with Gasteiger partial charge in [-0.2, -0.15) is 0 Å². The Labute approximate surface area is 155 Å². The zero-order chi connectivity index (χ0) is 20.7. The third-order valence-electron chi connectivity index (χ3n) is 4.35. The maximum absolute atomic E-state index is 11.6. The van der Waals surface area contributed by atoms with E-state index in [9.17, 15) is 14.4 Å². The smallest absolute Gasteiger partial charge is 0.303 e. The summed E-state index contributed by atoms with van der Waals surface area (Å²) in [4.78, 5) is 36.9. The highest BCUT2D eigenvalue weighted by molar-refractivity contribution is 6.74. The normalized spacial score (nSPS) is 16.5. The highest BCUT2D eigenvalue weighted by Gasteiger charge is 2.43. The first kappa shape index (κ1) is 24.1. The Balaban J connectivity index is 5.85. The van der Waals surface area contributed by atoms with Crippen LogP contribution in [0.2, 0.25) is 18.1 Å². The van der Waals surface area contributed by atoms with Crippen molar-refractivity contribution in [1.82, 2.24) is 0 Å². The molecule has 0 aromatic carbocycles. The Morgan fingerprint density at radius 1 is 1.15 bits per heavy atom. The molecule has 0 saturated heterocycles. The van der Waals surface area contributed by atoms with E-state index in [1.54, 1.807) is 6.92 Å². The van der Waals surface area contributed by atoms with Crippen molar-refractivity contribution in [3.8, 4) is 0 Å². The lowest BCUT2D eigenvalue weighted by Gasteiger charge is -2.41. The maximum atomic E-state index is 11.6. The van der Waals surface area contributed by atoms with Gasteiger partial charge >= 0.3 is 11.9 Å². The second-order valence-corrected chi connectivity index (χ2v) is 12.3. The van der Waals surface area contributed by atoms with Crippen LogP contribution in [0.1, 0.15) is 41.5 Å². The number of carbonyl (C=O) groups excluding carboxylic acids is 3. The minimum absolute atomic E-state index is 0.115. The Kier molecular flexibility index (Phi) is 8.99. The van der Waals surface area contributed by atoms with Crippen molar-refractivity contribution in [1.29, 1.82) is 0 Å². The molecule has 0 aromatic rings. The number of rotatable bonds is 9. The minimum atomic E-state index is -2.25. The van der Waals surface area contributed by atoms with E-state index in [2.05, 4.69) is 10.0 Å². The van der Waals surface area contributed by atoms with Crippen LogP contribution in [0.15, 0.2) is 5.11 Å². The van der Waals surface area contributed by atoms with E-state index in [1.165, 1.54) is 6.92 Å². The summed E-state index contributed by atoms with van der Waals surface area (Å²) in [5.74, 6) is -1.36. The summed E-state index contributed by atoms with van der Waals surface area (Å²) in [6, 6.07) is -1.25. The second kappa shape index (κ2) is 9.70. The Bertz CT molecular complexity index is 569. The van der Waals surface area contributed by atoms with E-state index in [0.717, 1.165) is 6.92 Å². The molecule has 148 valence electrons. The van der Waals surface area contributed by atoms with E-state index in [1.807, 2.05) is 33.9 Å². The first-order valence-electron chi connectivity index (χ1n) is 8.28. The molecular weight excluding hydrogens is 358 g/mol. The molecule has 0 rings (SSSR count). The lowest BCUT2D eigenvalue weighted by molar-refractivity contribution is -0.161. The van der Waals surface area contributed by atoms with E-state index < -0.39 is 44.6 Å². The molecule has 26 heavy (non-hydrogen) atoms. The first-order chi connectivity index (χ1) is 11.8. The molecule has 0 radical (unpaired) electrons. The Hall–Kier alpha value is -1.90. The van der Waals surface area contributed by atoms with Crippen LogP contribution in [0.5, 0.6) is 0 Å². The van der Waals surface area contributed by atoms with Gasteiger partial charge in [0.25, 0.3) is 0 Å². The number of azide groups is 1. The highest BCUT2D eigenvalue weighted by Crippen LogP contribution is 2.38. The SMILES string of the molecule is CC(=O)O[C@H]([C@@H](N=[N+]=[N-])[C@H](C=O)OC(C)=O)[C@H](C)O[Si](C)(C)C(C)(C)C. The monoisotopic (exact) mass is 387 g/mol. The van der Waals surface area contributed by atoms with Gasteiger partial charge < -0.3 is 13.9 Å². The van der Waals surface area contributed by atoms with Crippen LogP contribution in [0, 0.1) is 0 Å². The van der Waals surface area contributed by atoms with Gasteiger partial charge in [-0.1, -0.05) is 25.9 Å². The van der Waals surface area contributed by atoms with Crippen LogP contribution in [-0.4, -0.2) is 50.9 Å². The number of carbonyl (C=O) groups is 3. The molecule has 0 N–H and O–H groups in total. The molecule has 0 unspecified atom stereocenters. The fourth-order valence-electron chi connectivity index (χ4n) is 2.09. The molecule has 0 amide bonds. The van der Waals surface area contributed by atoms with Crippen molar-refractivity contribution in [2.75, 3.05) is 0 Å². The summed E-state index contributed by atoms with van der Waals surface area (Å²) >= 11 is 0. The topological polar surface area (TPSA) is 128 Å². The molecule has 0 aromatic heterocycles. The number of hydrogen-bond donors (Lipinski definition) is 0. The minimum Gasteiger partial charge on any atom is -0.459 e. The molecule has 9 nitrogen and oxygen atoms in total. The molecule has 10 heteroatoms. The zero-order valence-electron chi connectivity index (χ0n) is 16.7. The molecule has 4 atom stereocenters. The van der Waals surface area contributed by atoms with Crippen LogP contribution in [0.25, 0.3) is 10.4 Å². The van der Waals surface area contributed by atoms with Gasteiger partial charge in [0.1, 0.15) is 12.1 Å². The van der Waals surface area contributed by atoms with E-state index in [0.29, 0.717) is 6.29 Å². The Morgan fingerprint density at radius 3 is 2.00 bits per heavy atom. The molecule has 0 spiro atoms. The number of aldehydes is 1. The summed E-state index contributed by atoms with van der Waals surface area (Å²) in [7, 11) is -2.25. The highest BCUT2D eigenvalue weighted by atomic mass is 28.4. The number of nitrogens with zero attached hydrogens (tertiary/aromatic N) is 3. The molecule has 0 aliphatic carbocycles. The standard InChI is InChI=1S/C16H29N3O6Si/c1-10(25-26(7,8)16(4,5)6)15(24-12(3)22)14(18-19-17)13(9-20)23-11(2)21/h9-10,13-15H,1-8H3/t10-,13-,14-,15-/m0/s1. The summed E-state index contributed by atoms with van der Waals surface area (Å²) in [5.41, 5.74) is 8.87. The summed E-state index contributed by atoms with van der Waals surface area (Å²) < 4.78 is 16.4. The predicted molar refractivity (Wildman–Crippen MR) is 97.9 cm³/mol. The van der Waals surface area contributed by atoms with Gasteiger partial charge in [0.15, 0.2) is 20.7 Å². The maximum Gasteiger partial charge on any atom is 0.303 e.